The lowest BCUT2D eigenvalue weighted by molar-refractivity contribution is -0.668. The Kier molecular flexibility index (Phi) is 17.8. The van der Waals surface area contributed by atoms with Crippen LogP contribution in [0.2, 0.25) is 0 Å². The summed E-state index contributed by atoms with van der Waals surface area (Å²) in [5.41, 5.74) is 10.0. The zero-order chi connectivity index (χ0) is 51.7. The molecule has 7 atom stereocenters. The fourth-order valence-corrected chi connectivity index (χ4v) is 10.7. The molecule has 7 rings (SSSR count). The topological polar surface area (TPSA) is 291 Å². The number of carbonyl (C=O) groups is 6. The van der Waals surface area contributed by atoms with E-state index in [0.717, 1.165) is 29.4 Å². The number of primary amides is 1. The molecule has 2 aromatic carbocycles. The lowest BCUT2D eigenvalue weighted by Gasteiger charge is -2.24. The minimum Gasteiger partial charge on any atom is -0.393 e. The van der Waals surface area contributed by atoms with Gasteiger partial charge >= 0.3 is 16.3 Å². The third-order valence-corrected chi connectivity index (χ3v) is 14.6. The molecular formula is C51H69N10O10S+. The van der Waals surface area contributed by atoms with E-state index in [4.69, 9.17) is 20.0 Å². The summed E-state index contributed by atoms with van der Waals surface area (Å²) in [4.78, 5) is 82.9. The van der Waals surface area contributed by atoms with Gasteiger partial charge in [-0.1, -0.05) is 68.6 Å². The monoisotopic (exact) mass is 1010 g/mol. The number of aliphatic hydroxyl groups excluding tert-OH is 1. The zero-order valence-corrected chi connectivity index (χ0v) is 42.1. The third-order valence-electron chi connectivity index (χ3n) is 14.2. The molecule has 72 heavy (non-hydrogen) atoms. The molecule has 1 aliphatic heterocycles. The maximum Gasteiger partial charge on any atom is 0.333 e. The number of ketones is 1. The highest BCUT2D eigenvalue weighted by atomic mass is 32.2. The Bertz CT molecular complexity index is 2730. The summed E-state index contributed by atoms with van der Waals surface area (Å²) >= 11 is 0. The molecule has 6 amide bonds. The summed E-state index contributed by atoms with van der Waals surface area (Å²) in [5.74, 6) is -2.45. The number of unbranched alkanes of at least 4 members (excludes halogenated alkanes) is 2. The molecule has 2 aliphatic carbocycles. The van der Waals surface area contributed by atoms with Crippen molar-refractivity contribution in [3.8, 4) is 0 Å². The molecule has 0 bridgehead atoms. The van der Waals surface area contributed by atoms with E-state index in [1.807, 2.05) is 54.9 Å². The number of amides is 6. The van der Waals surface area contributed by atoms with Crippen LogP contribution in [0.3, 0.4) is 0 Å². The standard InChI is InChI=1S/C51H68N10O10S/c1-31(2)46(58-44(64)13-5-4-8-22-61-45(65)24-32(3)50(61)67)43(63)26-35(11-9-21-54-51(52)68)48(66)56-37-17-14-33(15-18-37)28-59-30-55-47(57-41-19-16-34-10-6-7-12-39(34)41)40-20-23-60(49(40)59)38-25-36(42(62)27-38)29-71-72(53,69)70/h6-7,10,12,14-15,17-18,20,23,30-32,35-36,38,41-42,46,62H,4-5,8-9,11,13,16,19,21-22,24-29H2,1-3H3,(H7,52,53,54,56,58,64,66,68,69,70)/p+1/t32?,35-,36-,38?,41-,42-,46+/m0/s1. The maximum atomic E-state index is 14.0. The number of fused-ring (bicyclic) bond motifs is 2. The first kappa shape index (κ1) is 53.5. The van der Waals surface area contributed by atoms with E-state index in [-0.39, 0.29) is 86.3 Å². The highest BCUT2D eigenvalue weighted by Crippen LogP contribution is 2.39. The molecule has 21 heteroatoms. The van der Waals surface area contributed by atoms with E-state index >= 15 is 0 Å². The van der Waals surface area contributed by atoms with E-state index in [2.05, 4.69) is 38.0 Å². The number of hydrogen-bond acceptors (Lipinski definition) is 12. The summed E-state index contributed by atoms with van der Waals surface area (Å²) in [6, 6.07) is 16.0. The van der Waals surface area contributed by atoms with E-state index in [9.17, 15) is 42.3 Å². The van der Waals surface area contributed by atoms with Gasteiger partial charge in [0.2, 0.25) is 41.4 Å². The van der Waals surface area contributed by atoms with Crippen LogP contribution in [0.5, 0.6) is 0 Å². The normalized spacial score (nSPS) is 20.7. The van der Waals surface area contributed by atoms with Crippen molar-refractivity contribution in [2.45, 2.75) is 129 Å². The number of nitrogens with zero attached hydrogens (tertiary/aromatic N) is 4. The van der Waals surface area contributed by atoms with Crippen LogP contribution < -0.4 is 36.7 Å². The second kappa shape index (κ2) is 24.0. The van der Waals surface area contributed by atoms with Crippen LogP contribution >= 0.6 is 0 Å². The number of nitrogens with one attached hydrogen (secondary N) is 4. The molecule has 4 aromatic rings. The molecule has 20 nitrogen and oxygen atoms in total. The number of Topliss-reactive ketones (excluding diaryl/α,β-unsaturated/α-hetero) is 1. The number of anilines is 2. The molecule has 2 unspecified atom stereocenters. The minimum atomic E-state index is -4.18. The summed E-state index contributed by atoms with van der Waals surface area (Å²) < 4.78 is 32.2. The number of hydrogen-bond donors (Lipinski definition) is 7. The van der Waals surface area contributed by atoms with E-state index < -0.39 is 46.2 Å². The highest BCUT2D eigenvalue weighted by Gasteiger charge is 2.39. The predicted octanol–water partition coefficient (Wildman–Crippen LogP) is 4.06. The molecule has 1 saturated carbocycles. The molecular weight excluding hydrogens is 945 g/mol. The van der Waals surface area contributed by atoms with Crippen LogP contribution in [-0.4, -0.2) is 95.3 Å². The van der Waals surface area contributed by atoms with Crippen molar-refractivity contribution in [1.82, 2.24) is 25.1 Å². The summed E-state index contributed by atoms with van der Waals surface area (Å²) in [7, 11) is -4.18. The average molecular weight is 1010 g/mol. The van der Waals surface area contributed by atoms with Crippen molar-refractivity contribution in [3.05, 3.63) is 83.8 Å². The largest absolute Gasteiger partial charge is 0.393 e. The predicted molar refractivity (Wildman–Crippen MR) is 268 cm³/mol. The first-order chi connectivity index (χ1) is 34.3. The Morgan fingerprint density at radius 2 is 1.76 bits per heavy atom. The smallest absolute Gasteiger partial charge is 0.333 e. The number of aromatic nitrogens is 3. The van der Waals surface area contributed by atoms with Crippen LogP contribution in [0.4, 0.5) is 16.3 Å². The van der Waals surface area contributed by atoms with Crippen molar-refractivity contribution in [1.29, 1.82) is 0 Å². The third kappa shape index (κ3) is 13.8. The van der Waals surface area contributed by atoms with Crippen molar-refractivity contribution in [3.63, 3.8) is 0 Å². The molecule has 3 heterocycles. The second-order valence-electron chi connectivity index (χ2n) is 19.9. The zero-order valence-electron chi connectivity index (χ0n) is 41.3. The number of nitrogens with two attached hydrogens (primary N) is 2. The Hall–Kier alpha value is -6.29. The van der Waals surface area contributed by atoms with Crippen LogP contribution in [0.15, 0.2) is 67.1 Å². The number of benzene rings is 2. The van der Waals surface area contributed by atoms with Crippen LogP contribution in [-0.2, 0) is 51.4 Å². The number of imide groups is 1. The van der Waals surface area contributed by atoms with Gasteiger partial charge in [-0.3, -0.25) is 37.6 Å². The minimum absolute atomic E-state index is 0.0695. The molecule has 2 fully saturated rings. The van der Waals surface area contributed by atoms with Gasteiger partial charge in [-0.2, -0.15) is 8.42 Å². The molecule has 388 valence electrons. The van der Waals surface area contributed by atoms with Crippen LogP contribution in [0, 0.1) is 23.7 Å². The highest BCUT2D eigenvalue weighted by molar-refractivity contribution is 7.84. The van der Waals surface area contributed by atoms with Gasteiger partial charge < -0.3 is 32.1 Å². The van der Waals surface area contributed by atoms with E-state index in [0.29, 0.717) is 63.1 Å². The Labute approximate surface area is 420 Å². The number of rotatable bonds is 25. The first-order valence-corrected chi connectivity index (χ1v) is 26.5. The Balaban J connectivity index is 1.02. The quantitative estimate of drug-likeness (QED) is 0.0281. The molecule has 3 aliphatic rings. The summed E-state index contributed by atoms with van der Waals surface area (Å²) in [5, 5.41) is 29.0. The lowest BCUT2D eigenvalue weighted by atomic mass is 9.89. The van der Waals surface area contributed by atoms with Gasteiger partial charge in [-0.05, 0) is 85.8 Å². The van der Waals surface area contributed by atoms with E-state index in [1.54, 1.807) is 25.4 Å². The molecule has 0 radical (unpaired) electrons. The van der Waals surface area contributed by atoms with Crippen molar-refractivity contribution in [2.75, 3.05) is 30.3 Å². The number of urea groups is 1. The molecule has 2 aromatic heterocycles. The Morgan fingerprint density at radius 3 is 2.47 bits per heavy atom. The average Bonchev–Trinajstić information content (AvgIpc) is 4.11. The van der Waals surface area contributed by atoms with Gasteiger partial charge in [-0.25, -0.2) is 14.5 Å². The SMILES string of the molecule is CC1CC(=O)N(CCCCCC(=O)N[C@@H](C(=O)C[C@H](CCCNC(N)=O)C(=O)Nc2ccc(C[n+]3cnc(N[C@H]4CCc5ccccc54)c4ccn(C5C[C@@H](COS(N)(=O)=O)[C@@H](O)C5)c43)cc2)C(C)C)C1=O. The van der Waals surface area contributed by atoms with Crippen molar-refractivity contribution < 1.29 is 51.0 Å². The number of aryl methyl sites for hydroxylation is 1. The molecule has 1 saturated heterocycles. The first-order valence-electron chi connectivity index (χ1n) is 25.0. The summed E-state index contributed by atoms with van der Waals surface area (Å²) in [6.45, 7) is 6.06. The van der Waals surface area contributed by atoms with Gasteiger partial charge in [0.1, 0.15) is 5.39 Å². The maximum absolute atomic E-state index is 14.0. The fourth-order valence-electron chi connectivity index (χ4n) is 10.3. The van der Waals surface area contributed by atoms with Crippen LogP contribution in [0.1, 0.15) is 120 Å². The summed E-state index contributed by atoms with van der Waals surface area (Å²) in [6.07, 6.45) is 8.17. The lowest BCUT2D eigenvalue weighted by Crippen LogP contribution is -2.45. The second-order valence-corrected chi connectivity index (χ2v) is 21.1. The van der Waals surface area contributed by atoms with Crippen LogP contribution in [0.25, 0.3) is 11.0 Å². The van der Waals surface area contributed by atoms with E-state index in [1.165, 1.54) is 16.0 Å². The number of carbonyl (C=O) groups excluding carboxylic acids is 6. The van der Waals surface area contributed by atoms with Gasteiger partial charge in [0.15, 0.2) is 5.78 Å². The van der Waals surface area contributed by atoms with Gasteiger partial charge in [0.25, 0.3) is 0 Å². The molecule has 9 N–H and O–H groups in total. The number of aliphatic hydroxyl groups is 1. The van der Waals surface area contributed by atoms with Gasteiger partial charge in [0, 0.05) is 62.2 Å². The fraction of sp³-hybridized carbons (Fsp3) is 0.529. The van der Waals surface area contributed by atoms with Gasteiger partial charge in [-0.15, -0.1) is 0 Å². The number of likely N-dealkylation sites (tertiary alicyclic amines) is 1. The van der Waals surface area contributed by atoms with Gasteiger partial charge in [0.05, 0.1) is 43.6 Å². The Morgan fingerprint density at radius 1 is 1.00 bits per heavy atom. The molecule has 0 spiro atoms. The van der Waals surface area contributed by atoms with Crippen molar-refractivity contribution in [2.24, 2.45) is 34.5 Å². The van der Waals surface area contributed by atoms with Crippen molar-refractivity contribution >= 4 is 68.3 Å².